The number of hydrogen-bond donors (Lipinski definition) is 2. The van der Waals surface area contributed by atoms with E-state index in [0.29, 0.717) is 6.61 Å². The van der Waals surface area contributed by atoms with E-state index < -0.39 is 24.3 Å². The quantitative estimate of drug-likeness (QED) is 0.714. The lowest BCUT2D eigenvalue weighted by Gasteiger charge is -2.12. The molecule has 9 nitrogen and oxygen atoms in total. The second-order valence-corrected chi connectivity index (χ2v) is 5.01. The zero-order valence-electron chi connectivity index (χ0n) is 12.9. The summed E-state index contributed by atoms with van der Waals surface area (Å²) >= 11 is 0. The van der Waals surface area contributed by atoms with Crippen molar-refractivity contribution in [2.45, 2.75) is 38.7 Å². The Morgan fingerprint density at radius 3 is 3.04 bits per heavy atom. The molecule has 2 rings (SSSR count). The standard InChI is InChI=1S/C14H21N3O6/c1-2-3-4-7-21-14(20)16-10-5-6-17(13(19)15-10)11-9-22-12(8-18)23-11/h5-6,11-12,18H,2-4,7-9H2,1H3,(H,15,16,19,20). The van der Waals surface area contributed by atoms with Crippen LogP contribution in [0, 0.1) is 0 Å². The normalized spacial score (nSPS) is 20.4. The summed E-state index contributed by atoms with van der Waals surface area (Å²) in [5.74, 6) is 0.101. The highest BCUT2D eigenvalue weighted by Gasteiger charge is 2.27. The number of rotatable bonds is 7. The molecule has 2 heterocycles. The van der Waals surface area contributed by atoms with Gasteiger partial charge in [0, 0.05) is 6.20 Å². The lowest BCUT2D eigenvalue weighted by Crippen LogP contribution is -2.29. The number of nitrogens with zero attached hydrogens (tertiary/aromatic N) is 2. The molecule has 9 heteroatoms. The minimum atomic E-state index is -0.747. The van der Waals surface area contributed by atoms with Gasteiger partial charge in [0.15, 0.2) is 12.5 Å². The summed E-state index contributed by atoms with van der Waals surface area (Å²) in [5.41, 5.74) is -0.596. The number of unbranched alkanes of at least 4 members (excludes halogenated alkanes) is 2. The third-order valence-electron chi connectivity index (χ3n) is 3.23. The van der Waals surface area contributed by atoms with Gasteiger partial charge in [-0.2, -0.15) is 4.98 Å². The van der Waals surface area contributed by atoms with Crippen LogP contribution in [-0.4, -0.2) is 46.9 Å². The van der Waals surface area contributed by atoms with Gasteiger partial charge in [-0.05, 0) is 12.5 Å². The lowest BCUT2D eigenvalue weighted by molar-refractivity contribution is -0.0992. The first kappa shape index (κ1) is 17.4. The van der Waals surface area contributed by atoms with Gasteiger partial charge in [-0.25, -0.2) is 9.59 Å². The molecule has 0 aromatic carbocycles. The number of aliphatic hydroxyl groups excluding tert-OH is 1. The minimum absolute atomic E-state index is 0.101. The highest BCUT2D eigenvalue weighted by atomic mass is 16.7. The Labute approximate surface area is 133 Å². The Bertz CT molecular complexity index is 576. The van der Waals surface area contributed by atoms with Gasteiger partial charge in [-0.15, -0.1) is 0 Å². The van der Waals surface area contributed by atoms with Crippen molar-refractivity contribution in [3.8, 4) is 0 Å². The van der Waals surface area contributed by atoms with E-state index in [2.05, 4.69) is 17.2 Å². The molecule has 1 aromatic rings. The molecule has 23 heavy (non-hydrogen) atoms. The number of nitrogens with one attached hydrogen (secondary N) is 1. The maximum absolute atomic E-state index is 12.0. The van der Waals surface area contributed by atoms with E-state index in [1.54, 1.807) is 0 Å². The summed E-state index contributed by atoms with van der Waals surface area (Å²) in [7, 11) is 0. The Morgan fingerprint density at radius 2 is 2.39 bits per heavy atom. The first-order valence-electron chi connectivity index (χ1n) is 7.55. The van der Waals surface area contributed by atoms with Crippen molar-refractivity contribution in [3.05, 3.63) is 22.7 Å². The van der Waals surface area contributed by atoms with Crippen molar-refractivity contribution in [1.82, 2.24) is 9.55 Å². The topological polar surface area (TPSA) is 112 Å². The van der Waals surface area contributed by atoms with Crippen LogP contribution in [0.4, 0.5) is 10.6 Å². The molecule has 1 fully saturated rings. The van der Waals surface area contributed by atoms with E-state index >= 15 is 0 Å². The molecule has 0 bridgehead atoms. The van der Waals surface area contributed by atoms with Gasteiger partial charge in [-0.1, -0.05) is 19.8 Å². The average Bonchev–Trinajstić information content (AvgIpc) is 3.00. The molecule has 2 unspecified atom stereocenters. The molecule has 1 saturated heterocycles. The molecule has 1 aliphatic heterocycles. The molecule has 1 amide bonds. The third kappa shape index (κ3) is 5.02. The molecule has 0 aliphatic carbocycles. The lowest BCUT2D eigenvalue weighted by atomic mass is 10.3. The van der Waals surface area contributed by atoms with Crippen LogP contribution >= 0.6 is 0 Å². The second kappa shape index (κ2) is 8.61. The van der Waals surface area contributed by atoms with Crippen LogP contribution in [0.3, 0.4) is 0 Å². The molecule has 0 spiro atoms. The maximum atomic E-state index is 12.0. The Hall–Kier alpha value is -1.97. The second-order valence-electron chi connectivity index (χ2n) is 5.01. The van der Waals surface area contributed by atoms with Gasteiger partial charge in [0.1, 0.15) is 5.82 Å². The third-order valence-corrected chi connectivity index (χ3v) is 3.23. The molecule has 2 N–H and O–H groups in total. The fraction of sp³-hybridized carbons (Fsp3) is 0.643. The monoisotopic (exact) mass is 327 g/mol. The van der Waals surface area contributed by atoms with E-state index in [0.717, 1.165) is 19.3 Å². The van der Waals surface area contributed by atoms with Crippen LogP contribution in [-0.2, 0) is 14.2 Å². The van der Waals surface area contributed by atoms with Gasteiger partial charge in [-0.3, -0.25) is 9.88 Å². The Balaban J connectivity index is 1.89. The average molecular weight is 327 g/mol. The van der Waals surface area contributed by atoms with Crippen molar-refractivity contribution in [1.29, 1.82) is 0 Å². The van der Waals surface area contributed by atoms with Crippen molar-refractivity contribution in [3.63, 3.8) is 0 Å². The van der Waals surface area contributed by atoms with E-state index in [4.69, 9.17) is 19.3 Å². The highest BCUT2D eigenvalue weighted by molar-refractivity contribution is 5.83. The number of aromatic nitrogens is 2. The number of hydrogen-bond acceptors (Lipinski definition) is 7. The predicted octanol–water partition coefficient (Wildman–Crippen LogP) is 0.846. The van der Waals surface area contributed by atoms with Gasteiger partial charge in [0.25, 0.3) is 0 Å². The largest absolute Gasteiger partial charge is 0.449 e. The first-order valence-corrected chi connectivity index (χ1v) is 7.55. The van der Waals surface area contributed by atoms with Crippen LogP contribution in [0.15, 0.2) is 17.1 Å². The van der Waals surface area contributed by atoms with Crippen molar-refractivity contribution in [2.75, 3.05) is 25.1 Å². The minimum Gasteiger partial charge on any atom is -0.449 e. The number of ether oxygens (including phenoxy) is 3. The zero-order chi connectivity index (χ0) is 16.7. The molecule has 2 atom stereocenters. The van der Waals surface area contributed by atoms with Crippen LogP contribution in [0.5, 0.6) is 0 Å². The first-order chi connectivity index (χ1) is 11.1. The molecule has 128 valence electrons. The molecule has 0 saturated carbocycles. The van der Waals surface area contributed by atoms with Gasteiger partial charge >= 0.3 is 11.8 Å². The Morgan fingerprint density at radius 1 is 1.57 bits per heavy atom. The summed E-state index contributed by atoms with van der Waals surface area (Å²) in [5, 5.41) is 11.3. The van der Waals surface area contributed by atoms with Crippen molar-refractivity contribution >= 4 is 11.9 Å². The molecule has 1 aromatic heterocycles. The summed E-state index contributed by atoms with van der Waals surface area (Å²) in [6.07, 6.45) is 2.21. The predicted molar refractivity (Wildman–Crippen MR) is 79.9 cm³/mol. The summed E-state index contributed by atoms with van der Waals surface area (Å²) in [6, 6.07) is 1.46. The van der Waals surface area contributed by atoms with Crippen molar-refractivity contribution < 1.29 is 24.1 Å². The van der Waals surface area contributed by atoms with E-state index in [1.807, 2.05) is 0 Å². The molecular weight excluding hydrogens is 306 g/mol. The van der Waals surface area contributed by atoms with E-state index in [9.17, 15) is 9.59 Å². The number of carbonyl (C=O) groups is 1. The van der Waals surface area contributed by atoms with Gasteiger partial charge < -0.3 is 19.3 Å². The molecule has 1 aliphatic rings. The van der Waals surface area contributed by atoms with Gasteiger partial charge in [0.2, 0.25) is 0 Å². The highest BCUT2D eigenvalue weighted by Crippen LogP contribution is 2.19. The molecular formula is C14H21N3O6. The van der Waals surface area contributed by atoms with Crippen LogP contribution in [0.2, 0.25) is 0 Å². The Kier molecular flexibility index (Phi) is 6.51. The number of amides is 1. The van der Waals surface area contributed by atoms with Crippen LogP contribution < -0.4 is 11.0 Å². The fourth-order valence-corrected chi connectivity index (χ4v) is 2.04. The maximum Gasteiger partial charge on any atom is 0.412 e. The van der Waals surface area contributed by atoms with E-state index in [-0.39, 0.29) is 19.0 Å². The van der Waals surface area contributed by atoms with Crippen LogP contribution in [0.1, 0.15) is 32.4 Å². The summed E-state index contributed by atoms with van der Waals surface area (Å²) in [4.78, 5) is 27.3. The number of carbonyl (C=O) groups excluding carboxylic acids is 1. The number of anilines is 1. The summed E-state index contributed by atoms with van der Waals surface area (Å²) < 4.78 is 16.7. The molecule has 0 radical (unpaired) electrons. The summed E-state index contributed by atoms with van der Waals surface area (Å²) in [6.45, 7) is 2.23. The zero-order valence-corrected chi connectivity index (χ0v) is 12.9. The van der Waals surface area contributed by atoms with Crippen molar-refractivity contribution in [2.24, 2.45) is 0 Å². The smallest absolute Gasteiger partial charge is 0.412 e. The van der Waals surface area contributed by atoms with Crippen LogP contribution in [0.25, 0.3) is 0 Å². The van der Waals surface area contributed by atoms with E-state index in [1.165, 1.54) is 16.8 Å². The fourth-order valence-electron chi connectivity index (χ4n) is 2.04. The SMILES string of the molecule is CCCCCOC(=O)Nc1ccn(C2COC(CO)O2)c(=O)n1. The van der Waals surface area contributed by atoms with Gasteiger partial charge in [0.05, 0.1) is 19.8 Å². The number of aliphatic hydroxyl groups is 1.